The van der Waals surface area contributed by atoms with E-state index in [4.69, 9.17) is 5.11 Å². The number of thioether (sulfide) groups is 1. The summed E-state index contributed by atoms with van der Waals surface area (Å²) in [4.78, 5) is 26.4. The molecule has 1 unspecified atom stereocenters. The van der Waals surface area contributed by atoms with Gasteiger partial charge in [0.1, 0.15) is 11.4 Å². The van der Waals surface area contributed by atoms with E-state index in [-0.39, 0.29) is 5.75 Å². The number of hydrogen-bond donors (Lipinski definition) is 1. The molecule has 0 bridgehead atoms. The van der Waals surface area contributed by atoms with E-state index in [0.29, 0.717) is 37.4 Å². The largest absolute Gasteiger partial charge is 0.480 e. The van der Waals surface area contributed by atoms with Gasteiger partial charge in [0.05, 0.1) is 0 Å². The zero-order valence-electron chi connectivity index (χ0n) is 11.9. The van der Waals surface area contributed by atoms with Crippen LogP contribution in [0.2, 0.25) is 0 Å². The molecule has 2 aliphatic rings. The molecular formula is C12H20N2O5S2. The molecule has 2 amide bonds. The molecule has 0 saturated carbocycles. The van der Waals surface area contributed by atoms with Crippen LogP contribution < -0.4 is 0 Å². The lowest BCUT2D eigenvalue weighted by molar-refractivity contribution is -0.141. The molecule has 2 saturated heterocycles. The topological polar surface area (TPSA) is 95.0 Å². The highest BCUT2D eigenvalue weighted by molar-refractivity contribution is 8.01. The first kappa shape index (κ1) is 16.4. The molecule has 0 aromatic carbocycles. The minimum Gasteiger partial charge on any atom is -0.480 e. The second kappa shape index (κ2) is 6.43. The summed E-state index contributed by atoms with van der Waals surface area (Å²) in [7, 11) is -3.37. The highest BCUT2D eigenvalue weighted by atomic mass is 32.2. The zero-order valence-corrected chi connectivity index (χ0v) is 13.5. The van der Waals surface area contributed by atoms with Crippen molar-refractivity contribution >= 4 is 33.6 Å². The summed E-state index contributed by atoms with van der Waals surface area (Å²) in [6, 6.07) is -1.29. The number of urea groups is 1. The van der Waals surface area contributed by atoms with Crippen LogP contribution in [0.1, 0.15) is 19.8 Å². The number of aliphatic carboxylic acids is 1. The Morgan fingerprint density at radius 3 is 2.62 bits per heavy atom. The van der Waals surface area contributed by atoms with Crippen LogP contribution in [0.25, 0.3) is 0 Å². The quantitative estimate of drug-likeness (QED) is 0.805. The third-order valence-electron chi connectivity index (χ3n) is 3.93. The molecule has 0 aromatic heterocycles. The first-order chi connectivity index (χ1) is 9.88. The minimum atomic E-state index is -3.37. The molecular weight excluding hydrogens is 316 g/mol. The van der Waals surface area contributed by atoms with Gasteiger partial charge in [0.15, 0.2) is 9.84 Å². The lowest BCUT2D eigenvalue weighted by Gasteiger charge is -2.38. The lowest BCUT2D eigenvalue weighted by atomic mass is 10.2. The molecule has 120 valence electrons. The van der Waals surface area contributed by atoms with Crippen molar-refractivity contribution in [3.05, 3.63) is 0 Å². The fourth-order valence-corrected chi connectivity index (χ4v) is 5.67. The molecule has 0 radical (unpaired) electrons. The van der Waals surface area contributed by atoms with Crippen LogP contribution in [0.5, 0.6) is 0 Å². The summed E-state index contributed by atoms with van der Waals surface area (Å²) >= 11 is 1.51. The Balaban J connectivity index is 2.21. The summed E-state index contributed by atoms with van der Waals surface area (Å²) < 4.78 is 24.3. The molecule has 2 atom stereocenters. The molecule has 2 fully saturated rings. The number of sulfone groups is 1. The second-order valence-corrected chi connectivity index (χ2v) is 8.74. The van der Waals surface area contributed by atoms with Gasteiger partial charge in [0.25, 0.3) is 0 Å². The molecule has 7 nitrogen and oxygen atoms in total. The van der Waals surface area contributed by atoms with E-state index < -0.39 is 33.3 Å². The lowest BCUT2D eigenvalue weighted by Crippen LogP contribution is -2.56. The number of rotatable bonds is 3. The highest BCUT2D eigenvalue weighted by Crippen LogP contribution is 2.26. The highest BCUT2D eigenvalue weighted by Gasteiger charge is 2.42. The van der Waals surface area contributed by atoms with Gasteiger partial charge in [-0.15, -0.1) is 0 Å². The molecule has 0 spiro atoms. The maximum absolute atomic E-state index is 12.6. The third-order valence-corrected chi connectivity index (χ3v) is 7.22. The Morgan fingerprint density at radius 2 is 2.00 bits per heavy atom. The molecule has 2 rings (SSSR count). The van der Waals surface area contributed by atoms with Crippen LogP contribution in [0.4, 0.5) is 4.79 Å². The van der Waals surface area contributed by atoms with Crippen molar-refractivity contribution in [1.82, 2.24) is 9.80 Å². The molecule has 0 aromatic rings. The van der Waals surface area contributed by atoms with Gasteiger partial charge < -0.3 is 14.9 Å². The van der Waals surface area contributed by atoms with Crippen LogP contribution in [0.3, 0.4) is 0 Å². The fraction of sp³-hybridized carbons (Fsp3) is 0.833. The van der Waals surface area contributed by atoms with Gasteiger partial charge in [0, 0.05) is 30.3 Å². The van der Waals surface area contributed by atoms with Gasteiger partial charge in [-0.25, -0.2) is 18.0 Å². The smallest absolute Gasteiger partial charge is 0.326 e. The summed E-state index contributed by atoms with van der Waals surface area (Å²) in [6.45, 7) is 2.28. The van der Waals surface area contributed by atoms with E-state index in [2.05, 4.69) is 0 Å². The number of carboxylic acid groups (broad SMARTS) is 1. The van der Waals surface area contributed by atoms with E-state index in [0.717, 1.165) is 0 Å². The summed E-state index contributed by atoms with van der Waals surface area (Å²) in [5, 5.41) is 8.32. The molecule has 21 heavy (non-hydrogen) atoms. The van der Waals surface area contributed by atoms with E-state index >= 15 is 0 Å². The fourth-order valence-electron chi connectivity index (χ4n) is 2.71. The number of amides is 2. The van der Waals surface area contributed by atoms with Crippen molar-refractivity contribution in [2.45, 2.75) is 31.2 Å². The first-order valence-corrected chi connectivity index (χ1v) is 9.85. The van der Waals surface area contributed by atoms with E-state index in [9.17, 15) is 18.0 Å². The van der Waals surface area contributed by atoms with Gasteiger partial charge in [0.2, 0.25) is 0 Å². The maximum atomic E-state index is 12.6. The van der Waals surface area contributed by atoms with Crippen LogP contribution in [-0.4, -0.2) is 77.1 Å². The minimum absolute atomic E-state index is 0.0234. The average molecular weight is 336 g/mol. The van der Waals surface area contributed by atoms with Gasteiger partial charge in [-0.05, 0) is 12.8 Å². The van der Waals surface area contributed by atoms with Crippen molar-refractivity contribution < 1.29 is 23.1 Å². The maximum Gasteiger partial charge on any atom is 0.326 e. The van der Waals surface area contributed by atoms with Crippen LogP contribution in [0, 0.1) is 0 Å². The van der Waals surface area contributed by atoms with Crippen molar-refractivity contribution in [2.24, 2.45) is 0 Å². The summed E-state index contributed by atoms with van der Waals surface area (Å²) in [5.74, 6) is -0.0209. The Kier molecular flexibility index (Phi) is 5.03. The standard InChI is InChI=1S/C12H20N2O5S2/c1-2-21(18,19)10-8-20-7-6-14(10)12(17)13-5-3-4-9(13)11(15)16/h9-10H,2-8H2,1H3,(H,15,16)/t9-,10?/m0/s1. The van der Waals surface area contributed by atoms with Gasteiger partial charge in [-0.1, -0.05) is 6.92 Å². The van der Waals surface area contributed by atoms with Crippen molar-refractivity contribution in [1.29, 1.82) is 0 Å². The second-order valence-electron chi connectivity index (χ2n) is 5.15. The van der Waals surface area contributed by atoms with E-state index in [1.54, 1.807) is 6.92 Å². The van der Waals surface area contributed by atoms with Gasteiger partial charge >= 0.3 is 12.0 Å². The molecule has 9 heteroatoms. The molecule has 2 aliphatic heterocycles. The number of carbonyl (C=O) groups is 2. The Labute approximate surface area is 128 Å². The van der Waals surface area contributed by atoms with Crippen LogP contribution in [-0.2, 0) is 14.6 Å². The van der Waals surface area contributed by atoms with Crippen molar-refractivity contribution in [3.63, 3.8) is 0 Å². The normalized spacial score (nSPS) is 26.9. The number of nitrogens with zero attached hydrogens (tertiary/aromatic N) is 2. The summed E-state index contributed by atoms with van der Waals surface area (Å²) in [6.07, 6.45) is 1.06. The number of carboxylic acids is 1. The number of likely N-dealkylation sites (tertiary alicyclic amines) is 1. The average Bonchev–Trinajstić information content (AvgIpc) is 2.96. The Bertz CT molecular complexity index is 522. The van der Waals surface area contributed by atoms with E-state index in [1.165, 1.54) is 21.6 Å². The van der Waals surface area contributed by atoms with Crippen LogP contribution in [0.15, 0.2) is 0 Å². The number of hydrogen-bond acceptors (Lipinski definition) is 5. The SMILES string of the molecule is CCS(=O)(=O)C1CSCCN1C(=O)N1CCC[C@H]1C(=O)O. The Morgan fingerprint density at radius 1 is 1.29 bits per heavy atom. The van der Waals surface area contributed by atoms with Crippen LogP contribution >= 0.6 is 11.8 Å². The summed E-state index contributed by atoms with van der Waals surface area (Å²) in [5.41, 5.74) is 0. The van der Waals surface area contributed by atoms with Crippen molar-refractivity contribution in [3.8, 4) is 0 Å². The molecule has 1 N–H and O–H groups in total. The first-order valence-electron chi connectivity index (χ1n) is 6.98. The molecule has 2 heterocycles. The predicted octanol–water partition coefficient (Wildman–Crippen LogP) is 0.465. The van der Waals surface area contributed by atoms with Gasteiger partial charge in [-0.3, -0.25) is 0 Å². The predicted molar refractivity (Wildman–Crippen MR) is 80.0 cm³/mol. The number of carbonyl (C=O) groups excluding carboxylic acids is 1. The zero-order chi connectivity index (χ0) is 15.6. The van der Waals surface area contributed by atoms with E-state index in [1.807, 2.05) is 0 Å². The van der Waals surface area contributed by atoms with Gasteiger partial charge in [-0.2, -0.15) is 11.8 Å². The molecule has 0 aliphatic carbocycles. The monoisotopic (exact) mass is 336 g/mol. The van der Waals surface area contributed by atoms with Crippen molar-refractivity contribution in [2.75, 3.05) is 30.3 Å². The Hall–Kier alpha value is -0.960. The third kappa shape index (κ3) is 3.28.